The van der Waals surface area contributed by atoms with Crippen LogP contribution in [-0.4, -0.2) is 58.3 Å². The summed E-state index contributed by atoms with van der Waals surface area (Å²) in [6.07, 6.45) is 2.52. The first-order chi connectivity index (χ1) is 10.8. The summed E-state index contributed by atoms with van der Waals surface area (Å²) < 4.78 is 5.06. The van der Waals surface area contributed by atoms with Crippen LogP contribution < -0.4 is 10.6 Å². The lowest BCUT2D eigenvalue weighted by molar-refractivity contribution is 0.125. The zero-order valence-electron chi connectivity index (χ0n) is 13.8. The molecule has 0 amide bonds. The Labute approximate surface area is 137 Å². The van der Waals surface area contributed by atoms with E-state index in [0.29, 0.717) is 18.6 Å². The highest BCUT2D eigenvalue weighted by molar-refractivity contribution is 7.10. The smallest absolute Gasteiger partial charge is 0.191 e. The standard InChI is InChI=1S/C16H28N4OS/c1-17-16(18-8-10-21-3)19-12-13-6-4-9-20(2)15(13)14-7-5-11-22-14/h5,7,11,13,15H,4,6,8-10,12H2,1-3H3,(H2,17,18,19). The number of hydrogen-bond acceptors (Lipinski definition) is 4. The number of likely N-dealkylation sites (tertiary alicyclic amines) is 1. The van der Waals surface area contributed by atoms with Crippen molar-refractivity contribution >= 4 is 17.3 Å². The molecule has 5 nitrogen and oxygen atoms in total. The molecular weight excluding hydrogens is 296 g/mol. The monoisotopic (exact) mass is 324 g/mol. The molecule has 1 fully saturated rings. The van der Waals surface area contributed by atoms with Crippen molar-refractivity contribution in [3.05, 3.63) is 22.4 Å². The molecule has 0 radical (unpaired) electrons. The van der Waals surface area contributed by atoms with Crippen LogP contribution in [0.4, 0.5) is 0 Å². The zero-order chi connectivity index (χ0) is 15.8. The van der Waals surface area contributed by atoms with Gasteiger partial charge in [-0.15, -0.1) is 11.3 Å². The highest BCUT2D eigenvalue weighted by Crippen LogP contribution is 2.36. The average molecular weight is 324 g/mol. The second kappa shape index (κ2) is 9.12. The van der Waals surface area contributed by atoms with E-state index in [9.17, 15) is 0 Å². The minimum Gasteiger partial charge on any atom is -0.383 e. The van der Waals surface area contributed by atoms with E-state index in [1.807, 2.05) is 18.4 Å². The van der Waals surface area contributed by atoms with Gasteiger partial charge in [0.2, 0.25) is 0 Å². The van der Waals surface area contributed by atoms with Crippen molar-refractivity contribution < 1.29 is 4.74 Å². The van der Waals surface area contributed by atoms with Gasteiger partial charge in [-0.3, -0.25) is 9.89 Å². The first kappa shape index (κ1) is 17.2. The molecule has 1 aliphatic rings. The molecule has 0 saturated carbocycles. The summed E-state index contributed by atoms with van der Waals surface area (Å²) in [5.74, 6) is 1.47. The van der Waals surface area contributed by atoms with Crippen LogP contribution in [0.15, 0.2) is 22.5 Å². The molecule has 124 valence electrons. The maximum absolute atomic E-state index is 5.06. The maximum Gasteiger partial charge on any atom is 0.191 e. The van der Waals surface area contributed by atoms with Crippen LogP contribution in [0.1, 0.15) is 23.8 Å². The summed E-state index contributed by atoms with van der Waals surface area (Å²) in [6.45, 7) is 3.58. The van der Waals surface area contributed by atoms with Gasteiger partial charge in [0.25, 0.3) is 0 Å². The number of nitrogens with one attached hydrogen (secondary N) is 2. The van der Waals surface area contributed by atoms with Crippen molar-refractivity contribution in [1.82, 2.24) is 15.5 Å². The number of nitrogens with zero attached hydrogens (tertiary/aromatic N) is 2. The van der Waals surface area contributed by atoms with E-state index in [2.05, 4.69) is 45.1 Å². The Bertz CT molecular complexity index is 449. The Morgan fingerprint density at radius 3 is 3.05 bits per heavy atom. The van der Waals surface area contributed by atoms with Gasteiger partial charge in [0.05, 0.1) is 6.61 Å². The third-order valence-electron chi connectivity index (χ3n) is 4.20. The van der Waals surface area contributed by atoms with Crippen LogP contribution in [0.3, 0.4) is 0 Å². The van der Waals surface area contributed by atoms with E-state index in [1.165, 1.54) is 24.3 Å². The lowest BCUT2D eigenvalue weighted by Crippen LogP contribution is -2.45. The summed E-state index contributed by atoms with van der Waals surface area (Å²) in [5, 5.41) is 8.92. The van der Waals surface area contributed by atoms with Crippen LogP contribution in [0, 0.1) is 5.92 Å². The lowest BCUT2D eigenvalue weighted by atomic mass is 9.88. The number of aliphatic imine (C=N–C) groups is 1. The molecule has 0 bridgehead atoms. The highest BCUT2D eigenvalue weighted by atomic mass is 32.1. The summed E-state index contributed by atoms with van der Waals surface area (Å²) in [6, 6.07) is 4.92. The predicted octanol–water partition coefficient (Wildman–Crippen LogP) is 1.94. The number of guanidine groups is 1. The van der Waals surface area contributed by atoms with E-state index in [0.717, 1.165) is 19.0 Å². The first-order valence-electron chi connectivity index (χ1n) is 7.93. The Balaban J connectivity index is 1.91. The second-order valence-corrected chi connectivity index (χ2v) is 6.70. The van der Waals surface area contributed by atoms with Crippen molar-refractivity contribution in [3.63, 3.8) is 0 Å². The van der Waals surface area contributed by atoms with Gasteiger partial charge < -0.3 is 15.4 Å². The maximum atomic E-state index is 5.06. The van der Waals surface area contributed by atoms with Gasteiger partial charge in [0.1, 0.15) is 0 Å². The van der Waals surface area contributed by atoms with Gasteiger partial charge in [0, 0.05) is 38.2 Å². The minimum atomic E-state index is 0.512. The summed E-state index contributed by atoms with van der Waals surface area (Å²) in [4.78, 5) is 8.24. The van der Waals surface area contributed by atoms with Crippen molar-refractivity contribution in [1.29, 1.82) is 0 Å². The Morgan fingerprint density at radius 2 is 2.36 bits per heavy atom. The van der Waals surface area contributed by atoms with Crippen molar-refractivity contribution in [2.75, 3.05) is 47.4 Å². The molecule has 2 unspecified atom stereocenters. The minimum absolute atomic E-state index is 0.512. The fourth-order valence-corrected chi connectivity index (χ4v) is 4.09. The molecule has 1 aromatic rings. The number of methoxy groups -OCH3 is 1. The molecular formula is C16H28N4OS. The molecule has 1 aromatic heterocycles. The summed E-state index contributed by atoms with van der Waals surface area (Å²) >= 11 is 1.86. The highest BCUT2D eigenvalue weighted by Gasteiger charge is 2.31. The number of piperidine rings is 1. The largest absolute Gasteiger partial charge is 0.383 e. The van der Waals surface area contributed by atoms with Gasteiger partial charge in [-0.05, 0) is 43.8 Å². The van der Waals surface area contributed by atoms with Gasteiger partial charge in [-0.25, -0.2) is 0 Å². The average Bonchev–Trinajstić information content (AvgIpc) is 3.04. The lowest BCUT2D eigenvalue weighted by Gasteiger charge is -2.39. The SMILES string of the molecule is CN=C(NCCOC)NCC1CCCN(C)C1c1cccs1. The third-order valence-corrected chi connectivity index (χ3v) is 5.14. The molecule has 2 N–H and O–H groups in total. The van der Waals surface area contributed by atoms with Crippen LogP contribution in [-0.2, 0) is 4.74 Å². The summed E-state index contributed by atoms with van der Waals surface area (Å²) in [7, 11) is 5.76. The Kier molecular flexibility index (Phi) is 7.15. The molecule has 0 spiro atoms. The molecule has 2 rings (SSSR count). The van der Waals surface area contributed by atoms with Gasteiger partial charge in [-0.2, -0.15) is 0 Å². The first-order valence-corrected chi connectivity index (χ1v) is 8.81. The van der Waals surface area contributed by atoms with Crippen LogP contribution >= 0.6 is 11.3 Å². The fraction of sp³-hybridized carbons (Fsp3) is 0.688. The zero-order valence-corrected chi connectivity index (χ0v) is 14.7. The molecule has 0 aromatic carbocycles. The van der Waals surface area contributed by atoms with Gasteiger partial charge >= 0.3 is 0 Å². The van der Waals surface area contributed by atoms with Crippen molar-refractivity contribution in [2.45, 2.75) is 18.9 Å². The Morgan fingerprint density at radius 1 is 1.50 bits per heavy atom. The molecule has 2 heterocycles. The van der Waals surface area contributed by atoms with Crippen molar-refractivity contribution in [2.24, 2.45) is 10.9 Å². The topological polar surface area (TPSA) is 48.9 Å². The van der Waals surface area contributed by atoms with Crippen LogP contribution in [0.2, 0.25) is 0 Å². The number of hydrogen-bond donors (Lipinski definition) is 2. The molecule has 1 saturated heterocycles. The number of rotatable bonds is 6. The molecule has 1 aliphatic heterocycles. The second-order valence-electron chi connectivity index (χ2n) is 5.72. The van der Waals surface area contributed by atoms with E-state index in [1.54, 1.807) is 7.11 Å². The quantitative estimate of drug-likeness (QED) is 0.477. The van der Waals surface area contributed by atoms with Gasteiger partial charge in [0.15, 0.2) is 5.96 Å². The third kappa shape index (κ3) is 4.69. The predicted molar refractivity (Wildman–Crippen MR) is 93.7 cm³/mol. The van der Waals surface area contributed by atoms with Gasteiger partial charge in [-0.1, -0.05) is 6.07 Å². The normalized spacial score (nSPS) is 23.5. The molecule has 6 heteroatoms. The number of thiophene rings is 1. The molecule has 2 atom stereocenters. The van der Waals surface area contributed by atoms with E-state index >= 15 is 0 Å². The van der Waals surface area contributed by atoms with Crippen molar-refractivity contribution in [3.8, 4) is 0 Å². The molecule has 22 heavy (non-hydrogen) atoms. The van der Waals surface area contributed by atoms with Crippen LogP contribution in [0.25, 0.3) is 0 Å². The molecule has 0 aliphatic carbocycles. The fourth-order valence-electron chi connectivity index (χ4n) is 3.10. The Hall–Kier alpha value is -1.11. The summed E-state index contributed by atoms with van der Waals surface area (Å²) in [5.41, 5.74) is 0. The van der Waals surface area contributed by atoms with E-state index in [4.69, 9.17) is 4.74 Å². The van der Waals surface area contributed by atoms with Crippen LogP contribution in [0.5, 0.6) is 0 Å². The van der Waals surface area contributed by atoms with E-state index < -0.39 is 0 Å². The van der Waals surface area contributed by atoms with E-state index in [-0.39, 0.29) is 0 Å². The number of ether oxygens (including phenoxy) is 1.